The molecule has 0 radical (unpaired) electrons. The Morgan fingerprint density at radius 1 is 1.00 bits per heavy atom. The number of benzene rings is 2. The second-order valence-electron chi connectivity index (χ2n) is 7.51. The van der Waals surface area contributed by atoms with Crippen LogP contribution in [0.4, 0.5) is 0 Å². The molecule has 1 aliphatic heterocycles. The quantitative estimate of drug-likeness (QED) is 0.659. The molecule has 1 unspecified atom stereocenters. The Morgan fingerprint density at radius 2 is 1.61 bits per heavy atom. The van der Waals surface area contributed by atoms with Crippen molar-refractivity contribution in [1.29, 1.82) is 0 Å². The summed E-state index contributed by atoms with van der Waals surface area (Å²) < 4.78 is 10.3. The van der Waals surface area contributed by atoms with Crippen molar-refractivity contribution < 1.29 is 23.9 Å². The van der Waals surface area contributed by atoms with Gasteiger partial charge < -0.3 is 19.7 Å². The Bertz CT molecular complexity index is 864. The molecule has 2 amide bonds. The lowest BCUT2D eigenvalue weighted by atomic mass is 9.94. The Morgan fingerprint density at radius 3 is 2.23 bits per heavy atom. The zero-order valence-corrected chi connectivity index (χ0v) is 17.7. The van der Waals surface area contributed by atoms with E-state index in [0.29, 0.717) is 31.7 Å². The maximum atomic E-state index is 12.8. The lowest BCUT2D eigenvalue weighted by Gasteiger charge is -2.32. The highest BCUT2D eigenvalue weighted by atomic mass is 16.5. The molecule has 1 fully saturated rings. The van der Waals surface area contributed by atoms with Crippen LogP contribution < -0.4 is 10.1 Å². The van der Waals surface area contributed by atoms with Crippen LogP contribution in [0.25, 0.3) is 0 Å². The number of likely N-dealkylation sites (tertiary alicyclic amines) is 1. The number of amides is 2. The van der Waals surface area contributed by atoms with E-state index in [2.05, 4.69) is 5.32 Å². The van der Waals surface area contributed by atoms with Gasteiger partial charge in [-0.2, -0.15) is 0 Å². The van der Waals surface area contributed by atoms with Crippen LogP contribution in [-0.4, -0.2) is 49.5 Å². The van der Waals surface area contributed by atoms with Crippen molar-refractivity contribution in [3.63, 3.8) is 0 Å². The van der Waals surface area contributed by atoms with Crippen LogP contribution in [-0.2, 0) is 19.1 Å². The van der Waals surface area contributed by atoms with Gasteiger partial charge in [0, 0.05) is 19.0 Å². The Balaban J connectivity index is 1.50. The van der Waals surface area contributed by atoms with E-state index in [1.165, 1.54) is 7.11 Å². The van der Waals surface area contributed by atoms with E-state index in [9.17, 15) is 14.4 Å². The second kappa shape index (κ2) is 11.2. The van der Waals surface area contributed by atoms with Gasteiger partial charge in [0.1, 0.15) is 5.75 Å². The molecule has 0 spiro atoms. The van der Waals surface area contributed by atoms with Gasteiger partial charge in [-0.25, -0.2) is 0 Å². The summed E-state index contributed by atoms with van der Waals surface area (Å²) in [6.07, 6.45) is 1.21. The standard InChI is InChI=1S/C24H28N2O5/c1-30-23(28)16-21(18-8-4-2-5-9-18)25-24(29)19-12-14-26(15-13-19)22(27)17-31-20-10-6-3-7-11-20/h2-11,19,21H,12-17H2,1H3,(H,25,29). The fourth-order valence-corrected chi connectivity index (χ4v) is 3.62. The first-order valence-electron chi connectivity index (χ1n) is 10.4. The second-order valence-corrected chi connectivity index (χ2v) is 7.51. The van der Waals surface area contributed by atoms with E-state index in [0.717, 1.165) is 5.56 Å². The van der Waals surface area contributed by atoms with Crippen molar-refractivity contribution in [3.05, 3.63) is 66.2 Å². The van der Waals surface area contributed by atoms with Crippen molar-refractivity contribution in [3.8, 4) is 5.75 Å². The van der Waals surface area contributed by atoms with Gasteiger partial charge in [-0.05, 0) is 30.5 Å². The summed E-state index contributed by atoms with van der Waals surface area (Å²) in [5, 5.41) is 2.99. The monoisotopic (exact) mass is 424 g/mol. The molecule has 31 heavy (non-hydrogen) atoms. The highest BCUT2D eigenvalue weighted by Gasteiger charge is 2.29. The number of methoxy groups -OCH3 is 1. The third-order valence-electron chi connectivity index (χ3n) is 5.44. The molecule has 164 valence electrons. The Kier molecular flexibility index (Phi) is 8.04. The molecule has 0 aromatic heterocycles. The largest absolute Gasteiger partial charge is 0.484 e. The lowest BCUT2D eigenvalue weighted by molar-refractivity contribution is -0.142. The summed E-state index contributed by atoms with van der Waals surface area (Å²) in [5.41, 5.74) is 0.854. The zero-order valence-electron chi connectivity index (χ0n) is 17.7. The van der Waals surface area contributed by atoms with Crippen LogP contribution >= 0.6 is 0 Å². The smallest absolute Gasteiger partial charge is 0.307 e. The predicted molar refractivity (Wildman–Crippen MR) is 115 cm³/mol. The molecular formula is C24H28N2O5. The summed E-state index contributed by atoms with van der Waals surface area (Å²) in [6, 6.07) is 18.1. The highest BCUT2D eigenvalue weighted by Crippen LogP contribution is 2.22. The van der Waals surface area contributed by atoms with Crippen molar-refractivity contribution in [2.75, 3.05) is 26.8 Å². The normalized spacial score (nSPS) is 15.1. The van der Waals surface area contributed by atoms with E-state index < -0.39 is 6.04 Å². The molecule has 0 saturated carbocycles. The molecule has 7 heteroatoms. The number of carbonyl (C=O) groups is 3. The number of rotatable bonds is 8. The molecule has 7 nitrogen and oxygen atoms in total. The highest BCUT2D eigenvalue weighted by molar-refractivity contribution is 5.81. The minimum Gasteiger partial charge on any atom is -0.484 e. The average Bonchev–Trinajstić information content (AvgIpc) is 2.83. The Labute approximate surface area is 182 Å². The number of hydrogen-bond acceptors (Lipinski definition) is 5. The SMILES string of the molecule is COC(=O)CC(NC(=O)C1CCN(C(=O)COc2ccccc2)CC1)c1ccccc1. The van der Waals surface area contributed by atoms with Crippen LogP contribution in [0.2, 0.25) is 0 Å². The molecule has 3 rings (SSSR count). The van der Waals surface area contributed by atoms with Gasteiger partial charge >= 0.3 is 5.97 Å². The van der Waals surface area contributed by atoms with Crippen molar-refractivity contribution >= 4 is 17.8 Å². The van der Waals surface area contributed by atoms with Gasteiger partial charge in [0.15, 0.2) is 6.61 Å². The number of nitrogens with one attached hydrogen (secondary N) is 1. The summed E-state index contributed by atoms with van der Waals surface area (Å²) in [4.78, 5) is 38.8. The molecule has 0 aliphatic carbocycles. The number of para-hydroxylation sites is 1. The summed E-state index contributed by atoms with van der Waals surface area (Å²) in [7, 11) is 1.33. The van der Waals surface area contributed by atoms with Crippen LogP contribution in [0.15, 0.2) is 60.7 Å². The summed E-state index contributed by atoms with van der Waals surface area (Å²) in [5.74, 6) is -0.125. The zero-order chi connectivity index (χ0) is 22.1. The van der Waals surface area contributed by atoms with Crippen LogP contribution in [0.3, 0.4) is 0 Å². The number of hydrogen-bond donors (Lipinski definition) is 1. The van der Waals surface area contributed by atoms with Gasteiger partial charge in [-0.3, -0.25) is 14.4 Å². The molecule has 1 N–H and O–H groups in total. The maximum Gasteiger partial charge on any atom is 0.307 e. The minimum absolute atomic E-state index is 0.0178. The van der Waals surface area contributed by atoms with Gasteiger partial charge in [0.25, 0.3) is 5.91 Å². The van der Waals surface area contributed by atoms with E-state index in [1.807, 2.05) is 48.5 Å². The van der Waals surface area contributed by atoms with Crippen molar-refractivity contribution in [2.45, 2.75) is 25.3 Å². The molecule has 0 bridgehead atoms. The lowest BCUT2D eigenvalue weighted by Crippen LogP contribution is -2.45. The number of esters is 1. The van der Waals surface area contributed by atoms with E-state index in [-0.39, 0.29) is 36.7 Å². The fraction of sp³-hybridized carbons (Fsp3) is 0.375. The topological polar surface area (TPSA) is 84.9 Å². The summed E-state index contributed by atoms with van der Waals surface area (Å²) >= 11 is 0. The number of carbonyl (C=O) groups excluding carboxylic acids is 3. The van der Waals surface area contributed by atoms with E-state index in [1.54, 1.807) is 17.0 Å². The van der Waals surface area contributed by atoms with E-state index in [4.69, 9.17) is 9.47 Å². The summed E-state index contributed by atoms with van der Waals surface area (Å²) in [6.45, 7) is 0.986. The Hall–Kier alpha value is -3.35. The molecule has 2 aromatic carbocycles. The third-order valence-corrected chi connectivity index (χ3v) is 5.44. The number of piperidine rings is 1. The molecule has 1 atom stereocenters. The van der Waals surface area contributed by atoms with Gasteiger partial charge in [0.2, 0.25) is 5.91 Å². The van der Waals surface area contributed by atoms with Gasteiger partial charge in [0.05, 0.1) is 19.6 Å². The van der Waals surface area contributed by atoms with E-state index >= 15 is 0 Å². The molecule has 1 aliphatic rings. The van der Waals surface area contributed by atoms with Crippen LogP contribution in [0, 0.1) is 5.92 Å². The first-order valence-corrected chi connectivity index (χ1v) is 10.4. The number of nitrogens with zero attached hydrogens (tertiary/aromatic N) is 1. The molecule has 1 heterocycles. The molecular weight excluding hydrogens is 396 g/mol. The maximum absolute atomic E-state index is 12.8. The predicted octanol–water partition coefficient (Wildman–Crippen LogP) is 2.72. The van der Waals surface area contributed by atoms with Crippen LogP contribution in [0.5, 0.6) is 5.75 Å². The average molecular weight is 424 g/mol. The van der Waals surface area contributed by atoms with Crippen LogP contribution in [0.1, 0.15) is 30.9 Å². The van der Waals surface area contributed by atoms with Crippen molar-refractivity contribution in [1.82, 2.24) is 10.2 Å². The molecule has 1 saturated heterocycles. The fourth-order valence-electron chi connectivity index (χ4n) is 3.62. The van der Waals surface area contributed by atoms with Gasteiger partial charge in [-0.15, -0.1) is 0 Å². The molecule has 2 aromatic rings. The van der Waals surface area contributed by atoms with Crippen molar-refractivity contribution in [2.24, 2.45) is 5.92 Å². The number of ether oxygens (including phenoxy) is 2. The first-order chi connectivity index (χ1) is 15.1. The minimum atomic E-state index is -0.444. The van der Waals surface area contributed by atoms with Gasteiger partial charge in [-0.1, -0.05) is 48.5 Å². The third kappa shape index (κ3) is 6.57. The first kappa shape index (κ1) is 22.3.